The van der Waals surface area contributed by atoms with Gasteiger partial charge in [0.05, 0.1) is 19.8 Å². The van der Waals surface area contributed by atoms with Crippen molar-refractivity contribution in [3.8, 4) is 0 Å². The zero-order chi connectivity index (χ0) is 17.8. The lowest BCUT2D eigenvalue weighted by atomic mass is 10.0. The molecule has 0 aliphatic heterocycles. The third kappa shape index (κ3) is 9.14. The van der Waals surface area contributed by atoms with E-state index < -0.39 is 12.1 Å². The van der Waals surface area contributed by atoms with Crippen molar-refractivity contribution in [2.24, 2.45) is 5.92 Å². The molecule has 23 heavy (non-hydrogen) atoms. The second kappa shape index (κ2) is 11.8. The van der Waals surface area contributed by atoms with E-state index in [4.69, 9.17) is 9.47 Å². The first-order chi connectivity index (χ1) is 10.8. The zero-order valence-electron chi connectivity index (χ0n) is 14.6. The predicted octanol–water partition coefficient (Wildman–Crippen LogP) is -0.569. The summed E-state index contributed by atoms with van der Waals surface area (Å²) in [5.41, 5.74) is 0. The van der Waals surface area contributed by atoms with E-state index in [1.54, 1.807) is 14.0 Å². The fourth-order valence-electron chi connectivity index (χ4n) is 1.77. The molecular formula is C15H29N3O5. The van der Waals surface area contributed by atoms with Crippen LogP contribution in [-0.2, 0) is 23.9 Å². The number of rotatable bonds is 11. The molecule has 0 aliphatic carbocycles. The summed E-state index contributed by atoms with van der Waals surface area (Å²) in [6.07, 6.45) is 0.158. The summed E-state index contributed by atoms with van der Waals surface area (Å²) >= 11 is 0. The maximum absolute atomic E-state index is 12.2. The molecule has 3 amide bonds. The first kappa shape index (κ1) is 21.3. The minimum Gasteiger partial charge on any atom is -0.382 e. The third-order valence-corrected chi connectivity index (χ3v) is 3.17. The van der Waals surface area contributed by atoms with Crippen LogP contribution in [0.25, 0.3) is 0 Å². The van der Waals surface area contributed by atoms with Crippen LogP contribution >= 0.6 is 0 Å². The Bertz CT molecular complexity index is 387. The van der Waals surface area contributed by atoms with E-state index in [0.29, 0.717) is 13.2 Å². The van der Waals surface area contributed by atoms with Crippen molar-refractivity contribution in [2.75, 3.05) is 34.0 Å². The van der Waals surface area contributed by atoms with Crippen LogP contribution in [0, 0.1) is 5.92 Å². The normalized spacial score (nSPS) is 13.3. The van der Waals surface area contributed by atoms with Crippen LogP contribution in [0.15, 0.2) is 0 Å². The van der Waals surface area contributed by atoms with Crippen molar-refractivity contribution in [2.45, 2.75) is 39.3 Å². The average Bonchev–Trinajstić information content (AvgIpc) is 2.50. The second-order valence-corrected chi connectivity index (χ2v) is 5.49. The van der Waals surface area contributed by atoms with Gasteiger partial charge in [0.25, 0.3) is 0 Å². The van der Waals surface area contributed by atoms with Crippen LogP contribution in [0.3, 0.4) is 0 Å². The first-order valence-electron chi connectivity index (χ1n) is 7.71. The van der Waals surface area contributed by atoms with E-state index in [1.165, 1.54) is 7.05 Å². The van der Waals surface area contributed by atoms with Gasteiger partial charge in [0, 0.05) is 20.6 Å². The minimum atomic E-state index is -0.700. The van der Waals surface area contributed by atoms with Gasteiger partial charge in [-0.15, -0.1) is 0 Å². The smallest absolute Gasteiger partial charge is 0.243 e. The Morgan fingerprint density at radius 1 is 0.957 bits per heavy atom. The lowest BCUT2D eigenvalue weighted by Crippen LogP contribution is -2.54. The summed E-state index contributed by atoms with van der Waals surface area (Å²) in [6.45, 7) is 6.38. The molecule has 0 rings (SSSR count). The molecule has 0 aromatic carbocycles. The number of methoxy groups -OCH3 is 1. The van der Waals surface area contributed by atoms with Gasteiger partial charge < -0.3 is 25.4 Å². The summed E-state index contributed by atoms with van der Waals surface area (Å²) in [5, 5.41) is 7.72. The predicted molar refractivity (Wildman–Crippen MR) is 85.8 cm³/mol. The molecule has 0 aliphatic rings. The Balaban J connectivity index is 4.36. The van der Waals surface area contributed by atoms with E-state index in [1.807, 2.05) is 13.8 Å². The van der Waals surface area contributed by atoms with Crippen molar-refractivity contribution in [3.05, 3.63) is 0 Å². The summed E-state index contributed by atoms with van der Waals surface area (Å²) < 4.78 is 10.0. The number of carbonyl (C=O) groups excluding carboxylic acids is 3. The van der Waals surface area contributed by atoms with Crippen LogP contribution in [0.5, 0.6) is 0 Å². The first-order valence-corrected chi connectivity index (χ1v) is 7.71. The summed E-state index contributed by atoms with van der Waals surface area (Å²) in [6, 6.07) is -1.36. The average molecular weight is 331 g/mol. The van der Waals surface area contributed by atoms with E-state index in [0.717, 1.165) is 0 Å². The quantitative estimate of drug-likeness (QED) is 0.440. The van der Waals surface area contributed by atoms with Crippen molar-refractivity contribution in [1.82, 2.24) is 16.0 Å². The molecule has 2 atom stereocenters. The fourth-order valence-corrected chi connectivity index (χ4v) is 1.77. The number of hydrogen-bond acceptors (Lipinski definition) is 5. The maximum Gasteiger partial charge on any atom is 0.243 e. The third-order valence-electron chi connectivity index (χ3n) is 3.17. The Kier molecular flexibility index (Phi) is 11.0. The van der Waals surface area contributed by atoms with Crippen LogP contribution < -0.4 is 16.0 Å². The van der Waals surface area contributed by atoms with Gasteiger partial charge in [0.1, 0.15) is 12.1 Å². The van der Waals surface area contributed by atoms with Gasteiger partial charge in [-0.25, -0.2) is 0 Å². The molecule has 0 aromatic rings. The van der Waals surface area contributed by atoms with Gasteiger partial charge >= 0.3 is 0 Å². The Morgan fingerprint density at radius 2 is 1.61 bits per heavy atom. The summed E-state index contributed by atoms with van der Waals surface area (Å²) in [7, 11) is 3.07. The van der Waals surface area contributed by atoms with Crippen LogP contribution in [-0.4, -0.2) is 63.8 Å². The number of amides is 3. The number of ether oxygens (including phenoxy) is 2. The van der Waals surface area contributed by atoms with E-state index >= 15 is 0 Å². The molecule has 0 radical (unpaired) electrons. The van der Waals surface area contributed by atoms with Gasteiger partial charge in [-0.1, -0.05) is 13.8 Å². The fraction of sp³-hybridized carbons (Fsp3) is 0.800. The van der Waals surface area contributed by atoms with Crippen molar-refractivity contribution < 1.29 is 23.9 Å². The van der Waals surface area contributed by atoms with Crippen molar-refractivity contribution >= 4 is 17.7 Å². The highest BCUT2D eigenvalue weighted by atomic mass is 16.5. The van der Waals surface area contributed by atoms with Crippen molar-refractivity contribution in [1.29, 1.82) is 0 Å². The standard InChI is InChI=1S/C15H29N3O5/c1-10(2)13(15(21)17-11(3)14(20)16-4)18-12(19)6-7-23-9-8-22-5/h10-11,13H,6-9H2,1-5H3,(H,16,20)(H,17,21)(H,18,19)/t11-,13-/m1/s1. The zero-order valence-corrected chi connectivity index (χ0v) is 14.6. The molecule has 3 N–H and O–H groups in total. The van der Waals surface area contributed by atoms with E-state index in [-0.39, 0.29) is 36.7 Å². The molecule has 0 fully saturated rings. The van der Waals surface area contributed by atoms with Crippen LogP contribution in [0.2, 0.25) is 0 Å². The molecule has 0 spiro atoms. The molecule has 0 aromatic heterocycles. The van der Waals surface area contributed by atoms with Gasteiger partial charge in [-0.3, -0.25) is 14.4 Å². The molecule has 0 saturated carbocycles. The highest BCUT2D eigenvalue weighted by Crippen LogP contribution is 2.03. The monoisotopic (exact) mass is 331 g/mol. The Morgan fingerprint density at radius 3 is 2.13 bits per heavy atom. The van der Waals surface area contributed by atoms with Gasteiger partial charge in [0.2, 0.25) is 17.7 Å². The van der Waals surface area contributed by atoms with Crippen molar-refractivity contribution in [3.63, 3.8) is 0 Å². The molecule has 0 saturated heterocycles. The van der Waals surface area contributed by atoms with Crippen LogP contribution in [0.1, 0.15) is 27.2 Å². The Hall–Kier alpha value is -1.67. The van der Waals surface area contributed by atoms with Gasteiger partial charge in [0.15, 0.2) is 0 Å². The topological polar surface area (TPSA) is 106 Å². The molecule has 8 nitrogen and oxygen atoms in total. The van der Waals surface area contributed by atoms with Gasteiger partial charge in [-0.2, -0.15) is 0 Å². The minimum absolute atomic E-state index is 0.106. The van der Waals surface area contributed by atoms with Crippen LogP contribution in [0.4, 0.5) is 0 Å². The number of carbonyl (C=O) groups is 3. The molecule has 0 heterocycles. The summed E-state index contributed by atoms with van der Waals surface area (Å²) in [4.78, 5) is 35.6. The van der Waals surface area contributed by atoms with E-state index in [2.05, 4.69) is 16.0 Å². The lowest BCUT2D eigenvalue weighted by molar-refractivity contribution is -0.133. The SMILES string of the molecule is CNC(=O)[C@@H](C)NC(=O)[C@H](NC(=O)CCOCCOC)C(C)C. The lowest BCUT2D eigenvalue weighted by Gasteiger charge is -2.23. The number of likely N-dealkylation sites (N-methyl/N-ethyl adjacent to an activating group) is 1. The highest BCUT2D eigenvalue weighted by Gasteiger charge is 2.26. The maximum atomic E-state index is 12.2. The number of nitrogens with one attached hydrogen (secondary N) is 3. The molecule has 0 bridgehead atoms. The van der Waals surface area contributed by atoms with E-state index in [9.17, 15) is 14.4 Å². The summed E-state index contributed by atoms with van der Waals surface area (Å²) in [5.74, 6) is -1.06. The second-order valence-electron chi connectivity index (χ2n) is 5.49. The largest absolute Gasteiger partial charge is 0.382 e. The molecule has 0 unspecified atom stereocenters. The molecule has 134 valence electrons. The highest BCUT2D eigenvalue weighted by molar-refractivity contribution is 5.91. The number of hydrogen-bond donors (Lipinski definition) is 3. The van der Waals surface area contributed by atoms with Gasteiger partial charge in [-0.05, 0) is 12.8 Å². The Labute approximate surface area is 137 Å². The molecular weight excluding hydrogens is 302 g/mol. The molecule has 8 heteroatoms.